The molecule has 2 aliphatic rings. The number of carbonyl (C=O) groups is 5. The summed E-state index contributed by atoms with van der Waals surface area (Å²) < 4.78 is 0. The molecule has 0 radical (unpaired) electrons. The predicted molar refractivity (Wildman–Crippen MR) is 204 cm³/mol. The fourth-order valence-corrected chi connectivity index (χ4v) is 6.71. The summed E-state index contributed by atoms with van der Waals surface area (Å²) in [6.07, 6.45) is 9.93. The molecule has 12 nitrogen and oxygen atoms in total. The molecule has 3 aromatic rings. The Morgan fingerprint density at radius 1 is 0.566 bits per heavy atom. The molecule has 4 N–H and O–H groups in total. The molecule has 282 valence electrons. The van der Waals surface area contributed by atoms with Gasteiger partial charge in [-0.05, 0) is 56.8 Å². The molecule has 5 rings (SSSR count). The van der Waals surface area contributed by atoms with Crippen molar-refractivity contribution in [1.82, 2.24) is 9.80 Å². The zero-order chi connectivity index (χ0) is 38.6. The normalized spacial score (nSPS) is 13.9. The van der Waals surface area contributed by atoms with Gasteiger partial charge < -0.3 is 35.1 Å². The number of hydrogen-bond donors (Lipinski definition) is 4. The third kappa shape index (κ3) is 15.5. The fourth-order valence-electron chi connectivity index (χ4n) is 5.64. The van der Waals surface area contributed by atoms with Crippen LogP contribution in [0.3, 0.4) is 0 Å². The third-order valence-corrected chi connectivity index (χ3v) is 9.49. The lowest BCUT2D eigenvalue weighted by atomic mass is 10.0. The quantitative estimate of drug-likeness (QED) is 0.0751. The maximum Gasteiger partial charge on any atom is 0.328 e. The Hall–Kier alpha value is -5.24. The number of fused-ring (bicyclic) bond motifs is 2. The number of rotatable bonds is 15. The average Bonchev–Trinajstić information content (AvgIpc) is 3.15. The highest BCUT2D eigenvalue weighted by Crippen LogP contribution is 2.48. The van der Waals surface area contributed by atoms with E-state index in [4.69, 9.17) is 20.4 Å². The largest absolute Gasteiger partial charge is 0.478 e. The van der Waals surface area contributed by atoms with Gasteiger partial charge >= 0.3 is 23.9 Å². The van der Waals surface area contributed by atoms with Crippen LogP contribution < -0.4 is 4.90 Å². The molecule has 1 fully saturated rings. The molecule has 0 saturated carbocycles. The van der Waals surface area contributed by atoms with Crippen LogP contribution in [0.15, 0.2) is 107 Å². The van der Waals surface area contributed by atoms with Gasteiger partial charge in [0, 0.05) is 77.9 Å². The first kappa shape index (κ1) is 42.2. The maximum absolute atomic E-state index is 13.2. The Balaban J connectivity index is 0.000000395. The number of anilines is 2. The second-order valence-corrected chi connectivity index (χ2v) is 13.5. The van der Waals surface area contributed by atoms with E-state index in [1.807, 2.05) is 48.2 Å². The SMILES string of the molecule is CN1CCN(CCCCCCCCN2c3ccccc3Sc3ccc(C(=O)c4ccccc4)cc32)CC1.O=C(O)/C=C\C(=O)O.O=C(O)/C=C\C(=O)O. The standard InChI is InChI=1S/C32H39N3OS.2C4H4O4/c1-33-21-23-34(24-22-33)19-11-4-2-3-5-12-20-35-28-15-9-10-16-30(28)37-31-18-17-27(25-29(31)35)32(36)26-13-7-6-8-14-26;2*5-3(6)1-2-4(7)8/h6-10,13-18,25H,2-5,11-12,19-24H2,1H3;2*1-2H,(H,5,6)(H,7,8)/b;2*2-1-. The number of hydrogen-bond acceptors (Lipinski definition) is 9. The highest BCUT2D eigenvalue weighted by Gasteiger charge is 2.24. The summed E-state index contributed by atoms with van der Waals surface area (Å²) in [7, 11) is 2.22. The van der Waals surface area contributed by atoms with Crippen LogP contribution in [0.4, 0.5) is 11.4 Å². The molecule has 0 spiro atoms. The minimum Gasteiger partial charge on any atom is -0.478 e. The second kappa shape index (κ2) is 22.6. The number of nitrogens with zero attached hydrogens (tertiary/aromatic N) is 3. The summed E-state index contributed by atoms with van der Waals surface area (Å²) in [5.74, 6) is -4.94. The van der Waals surface area contributed by atoms with Crippen molar-refractivity contribution in [2.45, 2.75) is 48.3 Å². The van der Waals surface area contributed by atoms with Gasteiger partial charge in [-0.2, -0.15) is 0 Å². The van der Waals surface area contributed by atoms with Crippen molar-refractivity contribution >= 4 is 52.8 Å². The zero-order valence-corrected chi connectivity index (χ0v) is 30.6. The summed E-state index contributed by atoms with van der Waals surface area (Å²) in [6.45, 7) is 7.12. The summed E-state index contributed by atoms with van der Waals surface area (Å²) in [6, 6.07) is 24.5. The van der Waals surface area contributed by atoms with E-state index in [0.717, 1.165) is 29.8 Å². The number of carbonyl (C=O) groups excluding carboxylic acids is 1. The van der Waals surface area contributed by atoms with E-state index in [-0.39, 0.29) is 5.78 Å². The van der Waals surface area contributed by atoms with Gasteiger partial charge in [0.25, 0.3) is 0 Å². The lowest BCUT2D eigenvalue weighted by Crippen LogP contribution is -2.44. The Bertz CT molecular complexity index is 1670. The van der Waals surface area contributed by atoms with Crippen molar-refractivity contribution in [2.75, 3.05) is 51.2 Å². The summed E-state index contributed by atoms with van der Waals surface area (Å²) in [5, 5.41) is 31.2. The van der Waals surface area contributed by atoms with Gasteiger partial charge in [0.1, 0.15) is 0 Å². The van der Waals surface area contributed by atoms with Crippen molar-refractivity contribution in [2.24, 2.45) is 0 Å². The Morgan fingerprint density at radius 3 is 1.62 bits per heavy atom. The van der Waals surface area contributed by atoms with E-state index in [2.05, 4.69) is 58.1 Å². The van der Waals surface area contributed by atoms with Crippen molar-refractivity contribution in [3.05, 3.63) is 108 Å². The number of piperazine rings is 1. The smallest absolute Gasteiger partial charge is 0.328 e. The predicted octanol–water partition coefficient (Wildman–Crippen LogP) is 6.53. The summed E-state index contributed by atoms with van der Waals surface area (Å²) in [5.41, 5.74) is 3.93. The molecule has 2 heterocycles. The minimum atomic E-state index is -1.26. The number of unbranched alkanes of at least 4 members (excludes halogenated alkanes) is 5. The van der Waals surface area contributed by atoms with Crippen molar-refractivity contribution in [1.29, 1.82) is 0 Å². The number of aliphatic carboxylic acids is 4. The third-order valence-electron chi connectivity index (χ3n) is 8.36. The van der Waals surface area contributed by atoms with Crippen LogP contribution in [-0.2, 0) is 19.2 Å². The first-order chi connectivity index (χ1) is 25.4. The number of benzene rings is 3. The van der Waals surface area contributed by atoms with Crippen LogP contribution in [0.5, 0.6) is 0 Å². The molecule has 0 aromatic heterocycles. The van der Waals surface area contributed by atoms with Gasteiger partial charge in [-0.3, -0.25) is 4.79 Å². The maximum atomic E-state index is 13.2. The monoisotopic (exact) mass is 745 g/mol. The minimum absolute atomic E-state index is 0.0868. The Kier molecular flexibility index (Phi) is 18.0. The van der Waals surface area contributed by atoms with Gasteiger partial charge in [0.15, 0.2) is 5.78 Å². The van der Waals surface area contributed by atoms with Crippen LogP contribution in [0.25, 0.3) is 0 Å². The van der Waals surface area contributed by atoms with E-state index in [9.17, 15) is 24.0 Å². The van der Waals surface area contributed by atoms with E-state index >= 15 is 0 Å². The van der Waals surface area contributed by atoms with E-state index in [1.54, 1.807) is 0 Å². The Labute approximate surface area is 314 Å². The molecule has 0 bridgehead atoms. The fraction of sp³-hybridized carbons (Fsp3) is 0.325. The van der Waals surface area contributed by atoms with E-state index in [0.29, 0.717) is 24.3 Å². The molecular weight excluding hydrogens is 699 g/mol. The summed E-state index contributed by atoms with van der Waals surface area (Å²) in [4.78, 5) is 61.4. The lowest BCUT2D eigenvalue weighted by Gasteiger charge is -2.33. The molecular formula is C40H47N3O9S. The molecule has 0 aliphatic carbocycles. The number of carboxylic acids is 4. The lowest BCUT2D eigenvalue weighted by molar-refractivity contribution is -0.134. The number of para-hydroxylation sites is 1. The summed E-state index contributed by atoms with van der Waals surface area (Å²) >= 11 is 1.81. The van der Waals surface area contributed by atoms with E-state index < -0.39 is 23.9 Å². The van der Waals surface area contributed by atoms with Crippen molar-refractivity contribution in [3.8, 4) is 0 Å². The molecule has 3 aromatic carbocycles. The van der Waals surface area contributed by atoms with Crippen molar-refractivity contribution in [3.63, 3.8) is 0 Å². The van der Waals surface area contributed by atoms with Gasteiger partial charge in [-0.25, -0.2) is 19.2 Å². The van der Waals surface area contributed by atoms with Gasteiger partial charge in [-0.15, -0.1) is 0 Å². The van der Waals surface area contributed by atoms with E-state index in [1.165, 1.54) is 80.3 Å². The first-order valence-electron chi connectivity index (χ1n) is 17.4. The molecule has 0 unspecified atom stereocenters. The number of ketones is 1. The molecule has 53 heavy (non-hydrogen) atoms. The average molecular weight is 746 g/mol. The highest BCUT2D eigenvalue weighted by atomic mass is 32.2. The molecule has 13 heteroatoms. The van der Waals surface area contributed by atoms with Gasteiger partial charge in [-0.1, -0.05) is 79.9 Å². The van der Waals surface area contributed by atoms with Gasteiger partial charge in [0.05, 0.1) is 11.4 Å². The molecule has 0 atom stereocenters. The van der Waals surface area contributed by atoms with Crippen molar-refractivity contribution < 1.29 is 44.4 Å². The first-order valence-corrected chi connectivity index (χ1v) is 18.2. The zero-order valence-electron chi connectivity index (χ0n) is 29.8. The molecule has 1 saturated heterocycles. The van der Waals surface area contributed by atoms with Crippen LogP contribution in [-0.4, -0.2) is 106 Å². The van der Waals surface area contributed by atoms with Gasteiger partial charge in [0.2, 0.25) is 0 Å². The Morgan fingerprint density at radius 2 is 1.06 bits per heavy atom. The topological polar surface area (TPSA) is 176 Å². The highest BCUT2D eigenvalue weighted by molar-refractivity contribution is 7.99. The second-order valence-electron chi connectivity index (χ2n) is 12.4. The number of carboxylic acid groups (broad SMARTS) is 4. The molecule has 2 aliphatic heterocycles. The van der Waals surface area contributed by atoms with Crippen LogP contribution in [0.2, 0.25) is 0 Å². The van der Waals surface area contributed by atoms with Crippen LogP contribution in [0, 0.1) is 0 Å². The van der Waals surface area contributed by atoms with Crippen LogP contribution >= 0.6 is 11.8 Å². The molecule has 0 amide bonds. The van der Waals surface area contributed by atoms with Crippen LogP contribution in [0.1, 0.15) is 54.4 Å². The number of likely N-dealkylation sites (N-methyl/N-ethyl adjacent to an activating group) is 1.